The van der Waals surface area contributed by atoms with E-state index in [1.807, 2.05) is 6.08 Å². The van der Waals surface area contributed by atoms with Gasteiger partial charge in [-0.3, -0.25) is 4.79 Å². The Bertz CT molecular complexity index is 1880. The van der Waals surface area contributed by atoms with Crippen molar-refractivity contribution in [1.82, 2.24) is 5.32 Å². The van der Waals surface area contributed by atoms with Gasteiger partial charge in [-0.1, -0.05) is 334 Å². The number of hydrogen-bond donors (Lipinski definition) is 12. The van der Waals surface area contributed by atoms with Crippen LogP contribution in [-0.2, 0) is 33.2 Å². The van der Waals surface area contributed by atoms with Crippen molar-refractivity contribution in [3.05, 3.63) is 24.3 Å². The summed E-state index contributed by atoms with van der Waals surface area (Å²) in [7, 11) is 0. The summed E-state index contributed by atoms with van der Waals surface area (Å²) >= 11 is 0. The molecule has 3 aliphatic rings. The maximum atomic E-state index is 13.4. The molecule has 3 heterocycles. The maximum Gasteiger partial charge on any atom is 0.220 e. The third-order valence-electron chi connectivity index (χ3n) is 20.8. The van der Waals surface area contributed by atoms with Crippen LogP contribution in [0.1, 0.15) is 348 Å². The second-order valence-electron chi connectivity index (χ2n) is 29.6. The number of carbonyl (C=O) groups excluding carboxylic acids is 1. The SMILES string of the molecule is CCCCCCCCCC/C=C/CC/C=C/C(O)C(COC1OC(CO)C(OC2OC(CO)C(OC3OC(CO)C(O)C(O)C3O)C(O)C2O)C(O)C1O)NC(=O)CCCCCCCCCCCCCCCCCCCCCCCCCCCCCCCCCCCCCCCCCC. The van der Waals surface area contributed by atoms with Crippen LogP contribution in [0.3, 0.4) is 0 Å². The zero-order chi connectivity index (χ0) is 71.8. The van der Waals surface area contributed by atoms with Crippen molar-refractivity contribution in [2.45, 2.75) is 452 Å². The second-order valence-corrected chi connectivity index (χ2v) is 29.6. The van der Waals surface area contributed by atoms with Gasteiger partial charge in [0.25, 0.3) is 0 Å². The van der Waals surface area contributed by atoms with Gasteiger partial charge in [0.1, 0.15) is 73.2 Å². The highest BCUT2D eigenvalue weighted by atomic mass is 16.8. The molecule has 0 spiro atoms. The van der Waals surface area contributed by atoms with E-state index >= 15 is 0 Å². The van der Waals surface area contributed by atoms with E-state index in [-0.39, 0.29) is 18.9 Å². The number of unbranched alkanes of at least 4 members (excludes halogenated alkanes) is 48. The number of ether oxygens (including phenoxy) is 6. The van der Waals surface area contributed by atoms with Crippen molar-refractivity contribution in [1.29, 1.82) is 0 Å². The van der Waals surface area contributed by atoms with Crippen molar-refractivity contribution in [3.63, 3.8) is 0 Å². The first-order chi connectivity index (χ1) is 48.3. The Kier molecular flexibility index (Phi) is 56.8. The normalized spacial score (nSPS) is 26.7. The molecular formula is C80H151NO18. The van der Waals surface area contributed by atoms with Gasteiger partial charge in [-0.25, -0.2) is 0 Å². The van der Waals surface area contributed by atoms with Crippen LogP contribution in [0, 0.1) is 0 Å². The highest BCUT2D eigenvalue weighted by Crippen LogP contribution is 2.33. The van der Waals surface area contributed by atoms with Gasteiger partial charge in [-0.15, -0.1) is 0 Å². The fourth-order valence-corrected chi connectivity index (χ4v) is 14.2. The molecule has 99 heavy (non-hydrogen) atoms. The van der Waals surface area contributed by atoms with Gasteiger partial charge in [-0.2, -0.15) is 0 Å². The van der Waals surface area contributed by atoms with Gasteiger partial charge in [0.05, 0.1) is 38.6 Å². The minimum atomic E-state index is -1.98. The summed E-state index contributed by atoms with van der Waals surface area (Å²) in [6, 6.07) is -0.987. The van der Waals surface area contributed by atoms with E-state index in [2.05, 4.69) is 31.3 Å². The molecule has 0 aliphatic carbocycles. The van der Waals surface area contributed by atoms with Crippen molar-refractivity contribution in [3.8, 4) is 0 Å². The van der Waals surface area contributed by atoms with Gasteiger partial charge in [0, 0.05) is 6.42 Å². The maximum absolute atomic E-state index is 13.4. The zero-order valence-corrected chi connectivity index (χ0v) is 62.5. The van der Waals surface area contributed by atoms with Crippen LogP contribution in [0.4, 0.5) is 0 Å². The topological polar surface area (TPSA) is 307 Å². The Morgan fingerprint density at radius 3 is 1.01 bits per heavy atom. The van der Waals surface area contributed by atoms with Crippen molar-refractivity contribution in [2.75, 3.05) is 26.4 Å². The van der Waals surface area contributed by atoms with Gasteiger partial charge in [0.2, 0.25) is 5.91 Å². The van der Waals surface area contributed by atoms with Crippen LogP contribution in [0.2, 0.25) is 0 Å². The quantitative estimate of drug-likeness (QED) is 0.0199. The molecule has 19 heteroatoms. The summed E-state index contributed by atoms with van der Waals surface area (Å²) in [6.45, 7) is 1.75. The molecule has 3 aliphatic heterocycles. The molecule has 1 amide bonds. The van der Waals surface area contributed by atoms with E-state index in [9.17, 15) is 61.0 Å². The molecule has 0 aromatic carbocycles. The van der Waals surface area contributed by atoms with E-state index in [1.54, 1.807) is 6.08 Å². The van der Waals surface area contributed by atoms with E-state index in [0.717, 1.165) is 38.5 Å². The largest absolute Gasteiger partial charge is 0.394 e. The summed E-state index contributed by atoms with van der Waals surface area (Å²) in [6.07, 6.45) is 48.0. The smallest absolute Gasteiger partial charge is 0.220 e. The Morgan fingerprint density at radius 2 is 0.646 bits per heavy atom. The Hall–Kier alpha value is -1.73. The van der Waals surface area contributed by atoms with Crippen LogP contribution in [-0.4, -0.2) is 193 Å². The summed E-state index contributed by atoms with van der Waals surface area (Å²) in [4.78, 5) is 13.4. The van der Waals surface area contributed by atoms with E-state index in [0.29, 0.717) is 12.8 Å². The molecule has 0 aromatic heterocycles. The fourth-order valence-electron chi connectivity index (χ4n) is 14.2. The third-order valence-corrected chi connectivity index (χ3v) is 20.8. The average Bonchev–Trinajstić information content (AvgIpc) is 0.784. The molecule has 0 radical (unpaired) electrons. The molecular weight excluding hydrogens is 1260 g/mol. The number of nitrogens with one attached hydrogen (secondary N) is 1. The van der Waals surface area contributed by atoms with Crippen molar-refractivity contribution < 1.29 is 89.4 Å². The van der Waals surface area contributed by atoms with E-state index in [1.165, 1.54) is 276 Å². The number of carbonyl (C=O) groups is 1. The predicted octanol–water partition coefficient (Wildman–Crippen LogP) is 13.7. The Balaban J connectivity index is 1.27. The summed E-state index contributed by atoms with van der Waals surface area (Å²) in [5.41, 5.74) is 0. The number of rotatable bonds is 66. The molecule has 17 unspecified atom stereocenters. The molecule has 0 saturated carbocycles. The molecule has 3 rings (SSSR count). The van der Waals surface area contributed by atoms with Gasteiger partial charge < -0.3 is 89.9 Å². The molecule has 584 valence electrons. The molecule has 17 atom stereocenters. The first-order valence-electron chi connectivity index (χ1n) is 41.1. The number of allylic oxidation sites excluding steroid dienone is 3. The summed E-state index contributed by atoms with van der Waals surface area (Å²) in [5.74, 6) is -0.279. The second kappa shape index (κ2) is 61.4. The molecule has 12 N–H and O–H groups in total. The monoisotopic (exact) mass is 1410 g/mol. The van der Waals surface area contributed by atoms with Gasteiger partial charge >= 0.3 is 0 Å². The van der Waals surface area contributed by atoms with Crippen LogP contribution in [0.25, 0.3) is 0 Å². The predicted molar refractivity (Wildman–Crippen MR) is 393 cm³/mol. The number of hydrogen-bond acceptors (Lipinski definition) is 18. The number of aliphatic hydroxyl groups excluding tert-OH is 11. The lowest BCUT2D eigenvalue weighted by Gasteiger charge is -2.48. The zero-order valence-electron chi connectivity index (χ0n) is 62.5. The third kappa shape index (κ3) is 41.7. The minimum absolute atomic E-state index is 0.241. The van der Waals surface area contributed by atoms with Gasteiger partial charge in [-0.05, 0) is 32.1 Å². The van der Waals surface area contributed by atoms with Gasteiger partial charge in [0.15, 0.2) is 18.9 Å². The highest BCUT2D eigenvalue weighted by molar-refractivity contribution is 5.76. The highest BCUT2D eigenvalue weighted by Gasteiger charge is 2.54. The van der Waals surface area contributed by atoms with E-state index < -0.39 is 124 Å². The van der Waals surface area contributed by atoms with Crippen LogP contribution in [0.15, 0.2) is 24.3 Å². The minimum Gasteiger partial charge on any atom is -0.394 e. The lowest BCUT2D eigenvalue weighted by molar-refractivity contribution is -0.379. The number of aliphatic hydroxyl groups is 11. The lowest BCUT2D eigenvalue weighted by Crippen LogP contribution is -2.66. The van der Waals surface area contributed by atoms with Crippen LogP contribution < -0.4 is 5.32 Å². The number of amides is 1. The molecule has 0 aromatic rings. The standard InChI is InChI=1S/C80H151NO18/c1-3-5-7-9-11-13-15-17-19-20-21-22-23-24-25-26-27-28-29-30-31-32-33-34-35-36-37-38-39-40-41-42-43-44-46-48-50-52-54-56-58-68(86)81-63(64(85)57-55-53-51-49-47-45-18-16-14-12-10-8-6-4-2)62-94-78-74(92)71(89)76(66(60-83)96-78)99-80-75(93)72(90)77(67(61-84)97-80)98-79-73(91)70(88)69(87)65(59-82)95-79/h47,49,55,57,63-67,69-80,82-85,87-93H,3-46,48,50-54,56,58-62H2,1-2H3,(H,81,86)/b49-47+,57-55+. The van der Waals surface area contributed by atoms with Crippen LogP contribution in [0.5, 0.6) is 0 Å². The Morgan fingerprint density at radius 1 is 0.354 bits per heavy atom. The molecule has 0 bridgehead atoms. The molecule has 3 fully saturated rings. The van der Waals surface area contributed by atoms with Crippen molar-refractivity contribution >= 4 is 5.91 Å². The summed E-state index contributed by atoms with van der Waals surface area (Å²) in [5, 5.41) is 121. The van der Waals surface area contributed by atoms with Crippen molar-refractivity contribution in [2.24, 2.45) is 0 Å². The van der Waals surface area contributed by atoms with E-state index in [4.69, 9.17) is 28.4 Å². The fraction of sp³-hybridized carbons (Fsp3) is 0.938. The average molecular weight is 1420 g/mol. The first-order valence-corrected chi connectivity index (χ1v) is 41.1. The summed E-state index contributed by atoms with van der Waals surface area (Å²) < 4.78 is 34.4. The lowest BCUT2D eigenvalue weighted by atomic mass is 9.96. The van der Waals surface area contributed by atoms with Crippen LogP contribution >= 0.6 is 0 Å². The Labute approximate surface area is 600 Å². The molecule has 19 nitrogen and oxygen atoms in total. The molecule has 3 saturated heterocycles. The first kappa shape index (κ1) is 91.5.